The fraction of sp³-hybridized carbons (Fsp3) is 0. The van der Waals surface area contributed by atoms with Gasteiger partial charge >= 0.3 is 0 Å². The molecular formula is C15H12ClN5O6S2. The molecule has 4 N–H and O–H groups in total. The monoisotopic (exact) mass is 457 g/mol. The van der Waals surface area contributed by atoms with Gasteiger partial charge in [0.2, 0.25) is 17.2 Å². The lowest BCUT2D eigenvalue weighted by molar-refractivity contribution is 0.481. The average Bonchev–Trinajstić information content (AvgIpc) is 2.60. The van der Waals surface area contributed by atoms with Gasteiger partial charge in [-0.1, -0.05) is 12.1 Å². The molecule has 2 aromatic carbocycles. The molecule has 0 fully saturated rings. The second-order valence-corrected chi connectivity index (χ2v) is 8.62. The summed E-state index contributed by atoms with van der Waals surface area (Å²) in [6.07, 6.45) is 0. The van der Waals surface area contributed by atoms with Crippen LogP contribution in [0.25, 0.3) is 0 Å². The molecule has 29 heavy (non-hydrogen) atoms. The van der Waals surface area contributed by atoms with E-state index in [1.807, 2.05) is 0 Å². The second-order valence-electron chi connectivity index (χ2n) is 5.47. The summed E-state index contributed by atoms with van der Waals surface area (Å²) in [5.74, 6) is -0.144. The Labute approximate surface area is 170 Å². The van der Waals surface area contributed by atoms with Gasteiger partial charge in [-0.25, -0.2) is 0 Å². The molecule has 11 nitrogen and oxygen atoms in total. The molecule has 0 saturated carbocycles. The summed E-state index contributed by atoms with van der Waals surface area (Å²) in [6, 6.07) is 10.6. The van der Waals surface area contributed by atoms with Crippen molar-refractivity contribution in [2.45, 2.75) is 9.79 Å². The number of para-hydroxylation sites is 1. The van der Waals surface area contributed by atoms with Crippen molar-refractivity contribution < 1.29 is 25.9 Å². The first-order chi connectivity index (χ1) is 13.5. The number of rotatable bonds is 6. The molecule has 1 heterocycles. The Hall–Kier alpha value is -2.84. The molecule has 3 aromatic rings. The standard InChI is InChI=1S/C15H12ClN5O6S2/c16-13-19-14(17-9-5-7-10(8-6-9)28(22,23)24)21-15(20-13)18-11-3-1-2-4-12(11)29(25,26)27/h1-8H,(H,22,23,24)(H,25,26,27)(H2,17,18,19,20,21). The second kappa shape index (κ2) is 7.88. The predicted octanol–water partition coefficient (Wildman–Crippen LogP) is 2.51. The third kappa shape index (κ3) is 5.36. The molecule has 152 valence electrons. The summed E-state index contributed by atoms with van der Waals surface area (Å²) in [4.78, 5) is 11.1. The molecule has 3 rings (SSSR count). The number of halogens is 1. The first kappa shape index (κ1) is 20.9. The molecule has 0 bridgehead atoms. The topological polar surface area (TPSA) is 171 Å². The maximum atomic E-state index is 11.5. The molecule has 0 amide bonds. The van der Waals surface area contributed by atoms with E-state index < -0.39 is 20.2 Å². The van der Waals surface area contributed by atoms with Crippen LogP contribution in [0.5, 0.6) is 0 Å². The van der Waals surface area contributed by atoms with Crippen molar-refractivity contribution in [2.24, 2.45) is 0 Å². The van der Waals surface area contributed by atoms with Gasteiger partial charge in [0.1, 0.15) is 4.90 Å². The van der Waals surface area contributed by atoms with Crippen LogP contribution in [0.2, 0.25) is 5.28 Å². The lowest BCUT2D eigenvalue weighted by Gasteiger charge is -2.10. The lowest BCUT2D eigenvalue weighted by Crippen LogP contribution is -2.07. The Balaban J connectivity index is 1.88. The van der Waals surface area contributed by atoms with Crippen LogP contribution in [-0.2, 0) is 20.2 Å². The first-order valence-corrected chi connectivity index (χ1v) is 10.9. The van der Waals surface area contributed by atoms with Gasteiger partial charge in [0.15, 0.2) is 0 Å². The van der Waals surface area contributed by atoms with E-state index in [-0.39, 0.29) is 32.7 Å². The Morgan fingerprint density at radius 1 is 0.759 bits per heavy atom. The number of anilines is 4. The minimum absolute atomic E-state index is 0.0146. The van der Waals surface area contributed by atoms with Crippen molar-refractivity contribution in [3.63, 3.8) is 0 Å². The molecule has 0 unspecified atom stereocenters. The molecule has 0 spiro atoms. The fourth-order valence-electron chi connectivity index (χ4n) is 2.22. The molecule has 0 radical (unpaired) electrons. The number of nitrogens with zero attached hydrogens (tertiary/aromatic N) is 3. The van der Waals surface area contributed by atoms with Crippen molar-refractivity contribution >= 4 is 55.1 Å². The zero-order valence-corrected chi connectivity index (χ0v) is 16.6. The van der Waals surface area contributed by atoms with E-state index in [1.165, 1.54) is 48.5 Å². The average molecular weight is 458 g/mol. The maximum absolute atomic E-state index is 11.5. The maximum Gasteiger partial charge on any atom is 0.296 e. The fourth-order valence-corrected chi connectivity index (χ4v) is 3.50. The zero-order valence-electron chi connectivity index (χ0n) is 14.2. The highest BCUT2D eigenvalue weighted by molar-refractivity contribution is 7.86. The summed E-state index contributed by atoms with van der Waals surface area (Å²) in [5.41, 5.74) is 0.393. The van der Waals surface area contributed by atoms with E-state index in [0.717, 1.165) is 0 Å². The van der Waals surface area contributed by atoms with Crippen molar-refractivity contribution in [3.05, 3.63) is 53.8 Å². The van der Waals surface area contributed by atoms with Gasteiger partial charge in [-0.3, -0.25) is 9.11 Å². The van der Waals surface area contributed by atoms with Crippen LogP contribution in [0.3, 0.4) is 0 Å². The normalized spacial score (nSPS) is 11.8. The molecule has 0 aliphatic carbocycles. The molecule has 14 heteroatoms. The number of aromatic nitrogens is 3. The van der Waals surface area contributed by atoms with Gasteiger partial charge < -0.3 is 10.6 Å². The van der Waals surface area contributed by atoms with Gasteiger partial charge in [-0.05, 0) is 48.0 Å². The molecule has 0 aliphatic heterocycles. The predicted molar refractivity (Wildman–Crippen MR) is 104 cm³/mol. The highest BCUT2D eigenvalue weighted by Crippen LogP contribution is 2.24. The Morgan fingerprint density at radius 2 is 1.34 bits per heavy atom. The summed E-state index contributed by atoms with van der Waals surface area (Å²) in [6.45, 7) is 0. The van der Waals surface area contributed by atoms with Crippen molar-refractivity contribution in [2.75, 3.05) is 10.6 Å². The van der Waals surface area contributed by atoms with Crippen LogP contribution in [0, 0.1) is 0 Å². The van der Waals surface area contributed by atoms with E-state index >= 15 is 0 Å². The number of hydrogen-bond donors (Lipinski definition) is 4. The van der Waals surface area contributed by atoms with E-state index in [0.29, 0.717) is 5.69 Å². The third-order valence-corrected chi connectivity index (χ3v) is 5.38. The quantitative estimate of drug-likeness (QED) is 0.400. The van der Waals surface area contributed by atoms with Gasteiger partial charge in [0.25, 0.3) is 20.2 Å². The molecule has 0 atom stereocenters. The van der Waals surface area contributed by atoms with Gasteiger partial charge in [0.05, 0.1) is 10.6 Å². The zero-order chi connectivity index (χ0) is 21.2. The van der Waals surface area contributed by atoms with Crippen molar-refractivity contribution in [3.8, 4) is 0 Å². The summed E-state index contributed by atoms with van der Waals surface area (Å²) < 4.78 is 63.4. The summed E-state index contributed by atoms with van der Waals surface area (Å²) in [5, 5.41) is 5.18. The van der Waals surface area contributed by atoms with E-state index in [9.17, 15) is 21.4 Å². The third-order valence-electron chi connectivity index (χ3n) is 3.43. The summed E-state index contributed by atoms with van der Waals surface area (Å²) >= 11 is 5.87. The lowest BCUT2D eigenvalue weighted by atomic mass is 10.3. The van der Waals surface area contributed by atoms with Gasteiger partial charge in [-0.2, -0.15) is 31.8 Å². The highest BCUT2D eigenvalue weighted by atomic mass is 35.5. The Morgan fingerprint density at radius 3 is 1.93 bits per heavy atom. The minimum Gasteiger partial charge on any atom is -0.324 e. The van der Waals surface area contributed by atoms with Crippen LogP contribution in [0.1, 0.15) is 0 Å². The minimum atomic E-state index is -4.49. The smallest absolute Gasteiger partial charge is 0.296 e. The van der Waals surface area contributed by atoms with Crippen molar-refractivity contribution in [1.29, 1.82) is 0 Å². The Kier molecular flexibility index (Phi) is 5.68. The summed E-state index contributed by atoms with van der Waals surface area (Å²) in [7, 11) is -8.82. The largest absolute Gasteiger partial charge is 0.324 e. The highest BCUT2D eigenvalue weighted by Gasteiger charge is 2.16. The van der Waals surface area contributed by atoms with Crippen molar-refractivity contribution in [1.82, 2.24) is 15.0 Å². The van der Waals surface area contributed by atoms with Gasteiger partial charge in [-0.15, -0.1) is 0 Å². The molecule has 0 aliphatic rings. The molecule has 1 aromatic heterocycles. The van der Waals surface area contributed by atoms with E-state index in [2.05, 4.69) is 25.6 Å². The van der Waals surface area contributed by atoms with E-state index in [4.69, 9.17) is 16.2 Å². The SMILES string of the molecule is O=S(=O)(O)c1ccc(Nc2nc(Cl)nc(Nc3ccccc3S(=O)(=O)O)n2)cc1. The van der Waals surface area contributed by atoms with Crippen LogP contribution in [0.15, 0.2) is 58.3 Å². The number of hydrogen-bond acceptors (Lipinski definition) is 9. The number of nitrogens with one attached hydrogen (secondary N) is 2. The number of benzene rings is 2. The van der Waals surface area contributed by atoms with Gasteiger partial charge in [0, 0.05) is 5.69 Å². The molecule has 0 saturated heterocycles. The van der Waals surface area contributed by atoms with E-state index in [1.54, 1.807) is 0 Å². The Bertz CT molecular complexity index is 1270. The van der Waals surface area contributed by atoms with Crippen LogP contribution in [-0.4, -0.2) is 40.9 Å². The first-order valence-electron chi connectivity index (χ1n) is 7.62. The van der Waals surface area contributed by atoms with Crippen LogP contribution < -0.4 is 10.6 Å². The van der Waals surface area contributed by atoms with Crippen LogP contribution >= 0.6 is 11.6 Å². The van der Waals surface area contributed by atoms with Crippen LogP contribution in [0.4, 0.5) is 23.3 Å². The molecular weight excluding hydrogens is 446 g/mol.